The molecule has 0 aromatic rings. The Balaban J connectivity index is 3.52. The van der Waals surface area contributed by atoms with Crippen LogP contribution in [0.5, 0.6) is 0 Å². The van der Waals surface area contributed by atoms with Crippen LogP contribution >= 0.6 is 0 Å². The molecule has 0 aliphatic carbocycles. The van der Waals surface area contributed by atoms with Gasteiger partial charge in [-0.25, -0.2) is 0 Å². The molecule has 0 saturated carbocycles. The van der Waals surface area contributed by atoms with Gasteiger partial charge in [0.05, 0.1) is 0 Å². The summed E-state index contributed by atoms with van der Waals surface area (Å²) in [6.45, 7) is 8.63. The molecule has 0 spiro atoms. The van der Waals surface area contributed by atoms with E-state index < -0.39 is 0 Å². The van der Waals surface area contributed by atoms with E-state index in [9.17, 15) is 0 Å². The molecule has 163 valence electrons. The molecule has 0 amide bonds. The normalized spacial score (nSPS) is 12.6. The second-order valence-corrected chi connectivity index (χ2v) is 9.10. The van der Waals surface area contributed by atoms with Gasteiger partial charge in [0.2, 0.25) is 0 Å². The first-order chi connectivity index (χ1) is 13.3. The van der Waals surface area contributed by atoms with E-state index >= 15 is 0 Å². The Labute approximate surface area is 174 Å². The van der Waals surface area contributed by atoms with Gasteiger partial charge in [0.25, 0.3) is 0 Å². The molecule has 1 unspecified atom stereocenters. The molecule has 0 rings (SSSR count). The van der Waals surface area contributed by atoms with Crippen molar-refractivity contribution in [2.24, 2.45) is 5.92 Å². The molecule has 0 aliphatic heterocycles. The second-order valence-electron chi connectivity index (χ2n) is 9.10. The summed E-state index contributed by atoms with van der Waals surface area (Å²) in [6, 6.07) is 0. The Morgan fingerprint density at radius 2 is 0.704 bits per heavy atom. The van der Waals surface area contributed by atoms with Crippen molar-refractivity contribution in [2.45, 2.75) is 162 Å². The Bertz CT molecular complexity index is 244. The van der Waals surface area contributed by atoms with Crippen LogP contribution in [0.15, 0.2) is 0 Å². The van der Waals surface area contributed by atoms with Crippen LogP contribution in [0, 0.1) is 12.8 Å². The van der Waals surface area contributed by atoms with Crippen LogP contribution in [-0.4, -0.2) is 0 Å². The average Bonchev–Trinajstić information content (AvgIpc) is 2.68. The Kier molecular flexibility index (Phi) is 24.0. The van der Waals surface area contributed by atoms with E-state index in [4.69, 9.17) is 0 Å². The van der Waals surface area contributed by atoms with Crippen LogP contribution in [0.1, 0.15) is 162 Å². The van der Waals surface area contributed by atoms with Crippen molar-refractivity contribution >= 4 is 0 Å². The van der Waals surface area contributed by atoms with Crippen LogP contribution in [-0.2, 0) is 0 Å². The highest BCUT2D eigenvalue weighted by molar-refractivity contribution is 4.62. The Hall–Kier alpha value is 0. The molecule has 0 fully saturated rings. The Morgan fingerprint density at radius 3 is 1.04 bits per heavy atom. The minimum absolute atomic E-state index is 1.02. The maximum Gasteiger partial charge on any atom is -0.0414 e. The van der Waals surface area contributed by atoms with Gasteiger partial charge in [-0.15, -0.1) is 0 Å². The molecule has 0 aliphatic rings. The lowest BCUT2D eigenvalue weighted by Gasteiger charge is -2.17. The van der Waals surface area contributed by atoms with E-state index in [0.29, 0.717) is 0 Å². The monoisotopic (exact) mass is 379 g/mol. The van der Waals surface area contributed by atoms with Crippen molar-refractivity contribution in [3.63, 3.8) is 0 Å². The summed E-state index contributed by atoms with van der Waals surface area (Å²) in [5, 5.41) is 0. The summed E-state index contributed by atoms with van der Waals surface area (Å²) in [4.78, 5) is 0. The third-order valence-corrected chi connectivity index (χ3v) is 6.29. The highest BCUT2D eigenvalue weighted by Gasteiger charge is 2.08. The van der Waals surface area contributed by atoms with Gasteiger partial charge in [-0.2, -0.15) is 0 Å². The van der Waals surface area contributed by atoms with E-state index in [0.717, 1.165) is 12.3 Å². The van der Waals surface area contributed by atoms with Gasteiger partial charge in [-0.1, -0.05) is 168 Å². The van der Waals surface area contributed by atoms with Crippen molar-refractivity contribution < 1.29 is 0 Å². The van der Waals surface area contributed by atoms with E-state index in [1.807, 2.05) is 0 Å². The molecular weight excluding hydrogens is 324 g/mol. The Morgan fingerprint density at radius 1 is 0.407 bits per heavy atom. The SMILES string of the molecule is [CH2]CCCCC(CCCCCCC)CCCCCCCCCCCCCC. The fraction of sp³-hybridized carbons (Fsp3) is 0.963. The molecule has 0 heterocycles. The first-order valence-electron chi connectivity index (χ1n) is 13.1. The molecular formula is C27H55. The molecule has 0 aromatic carbocycles. The molecule has 1 radical (unpaired) electrons. The lowest BCUT2D eigenvalue weighted by molar-refractivity contribution is 0.369. The number of rotatable bonds is 23. The highest BCUT2D eigenvalue weighted by Crippen LogP contribution is 2.24. The van der Waals surface area contributed by atoms with E-state index in [-0.39, 0.29) is 0 Å². The fourth-order valence-electron chi connectivity index (χ4n) is 4.35. The minimum atomic E-state index is 1.02. The van der Waals surface area contributed by atoms with Crippen LogP contribution in [0.2, 0.25) is 0 Å². The molecule has 0 heteroatoms. The first-order valence-corrected chi connectivity index (χ1v) is 13.1. The summed E-state index contributed by atoms with van der Waals surface area (Å²) in [5.74, 6) is 1.02. The maximum absolute atomic E-state index is 4.01. The summed E-state index contributed by atoms with van der Waals surface area (Å²) < 4.78 is 0. The van der Waals surface area contributed by atoms with E-state index in [2.05, 4.69) is 20.8 Å². The van der Waals surface area contributed by atoms with E-state index in [1.54, 1.807) is 0 Å². The molecule has 0 nitrogen and oxygen atoms in total. The quantitative estimate of drug-likeness (QED) is 0.155. The highest BCUT2D eigenvalue weighted by atomic mass is 14.1. The molecule has 0 saturated heterocycles. The van der Waals surface area contributed by atoms with Gasteiger partial charge >= 0.3 is 0 Å². The molecule has 0 bridgehead atoms. The molecule has 0 N–H and O–H groups in total. The summed E-state index contributed by atoms with van der Waals surface area (Å²) >= 11 is 0. The molecule has 0 aromatic heterocycles. The van der Waals surface area contributed by atoms with Gasteiger partial charge in [0, 0.05) is 0 Å². The fourth-order valence-corrected chi connectivity index (χ4v) is 4.35. The number of hydrogen-bond acceptors (Lipinski definition) is 0. The lowest BCUT2D eigenvalue weighted by atomic mass is 9.89. The third kappa shape index (κ3) is 22.2. The standard InChI is InChI=1S/C27H55/c1-4-7-10-12-13-14-15-16-17-18-20-23-26-27(24-21-9-6-3)25-22-19-11-8-5-2/h27H,3-26H2,1-2H3. The third-order valence-electron chi connectivity index (χ3n) is 6.29. The topological polar surface area (TPSA) is 0 Å². The number of unbranched alkanes of at least 4 members (excludes halogenated alkanes) is 17. The van der Waals surface area contributed by atoms with E-state index in [1.165, 1.54) is 141 Å². The van der Waals surface area contributed by atoms with Gasteiger partial charge in [-0.05, 0) is 5.92 Å². The predicted molar refractivity (Wildman–Crippen MR) is 126 cm³/mol. The smallest absolute Gasteiger partial charge is 0.0414 e. The van der Waals surface area contributed by atoms with Gasteiger partial charge in [0.1, 0.15) is 0 Å². The summed E-state index contributed by atoms with van der Waals surface area (Å²) in [6.07, 6.45) is 33.2. The predicted octanol–water partition coefficient (Wildman–Crippen LogP) is 10.4. The zero-order valence-electron chi connectivity index (χ0n) is 19.5. The van der Waals surface area contributed by atoms with Crippen molar-refractivity contribution in [2.75, 3.05) is 0 Å². The largest absolute Gasteiger partial charge is 0.0654 e. The lowest BCUT2D eigenvalue weighted by Crippen LogP contribution is -2.01. The molecule has 27 heavy (non-hydrogen) atoms. The van der Waals surface area contributed by atoms with Crippen LogP contribution < -0.4 is 0 Å². The van der Waals surface area contributed by atoms with Gasteiger partial charge in [-0.3, -0.25) is 0 Å². The second kappa shape index (κ2) is 24.0. The van der Waals surface area contributed by atoms with Crippen molar-refractivity contribution in [3.8, 4) is 0 Å². The van der Waals surface area contributed by atoms with Crippen molar-refractivity contribution in [3.05, 3.63) is 6.92 Å². The van der Waals surface area contributed by atoms with Gasteiger partial charge < -0.3 is 0 Å². The van der Waals surface area contributed by atoms with Crippen LogP contribution in [0.3, 0.4) is 0 Å². The van der Waals surface area contributed by atoms with Crippen LogP contribution in [0.4, 0.5) is 0 Å². The zero-order valence-corrected chi connectivity index (χ0v) is 19.5. The first kappa shape index (κ1) is 27.0. The van der Waals surface area contributed by atoms with Crippen LogP contribution in [0.25, 0.3) is 0 Å². The van der Waals surface area contributed by atoms with Gasteiger partial charge in [0.15, 0.2) is 0 Å². The summed E-state index contributed by atoms with van der Waals surface area (Å²) in [5.41, 5.74) is 0. The average molecular weight is 380 g/mol. The zero-order chi connectivity index (χ0) is 19.8. The number of hydrogen-bond donors (Lipinski definition) is 0. The van der Waals surface area contributed by atoms with Crippen molar-refractivity contribution in [1.29, 1.82) is 0 Å². The molecule has 1 atom stereocenters. The maximum atomic E-state index is 4.01. The minimum Gasteiger partial charge on any atom is -0.0654 e. The van der Waals surface area contributed by atoms with Crippen molar-refractivity contribution in [1.82, 2.24) is 0 Å². The summed E-state index contributed by atoms with van der Waals surface area (Å²) in [7, 11) is 0.